The number of nitrogens with zero attached hydrogens (tertiary/aromatic N) is 1. The number of rotatable bonds is 5. The zero-order valence-electron chi connectivity index (χ0n) is 13.4. The van der Waals surface area contributed by atoms with Crippen LogP contribution in [0.15, 0.2) is 66.7 Å². The summed E-state index contributed by atoms with van der Waals surface area (Å²) in [6.07, 6.45) is 0. The molecule has 3 aromatic carbocycles. The molecule has 0 saturated heterocycles. The van der Waals surface area contributed by atoms with Gasteiger partial charge < -0.3 is 9.64 Å². The molecule has 4 heteroatoms. The Kier molecular flexibility index (Phi) is 5.02. The summed E-state index contributed by atoms with van der Waals surface area (Å²) >= 11 is 5.87. The SMILES string of the molecule is CN(Cc1ccc(Cl)cc1)C(=O)COc1ccc2ccccc2c1. The van der Waals surface area contributed by atoms with Gasteiger partial charge in [0.15, 0.2) is 6.61 Å². The lowest BCUT2D eigenvalue weighted by Gasteiger charge is -2.17. The Bertz CT molecular complexity index is 846. The fourth-order valence-corrected chi connectivity index (χ4v) is 2.59. The van der Waals surface area contributed by atoms with E-state index < -0.39 is 0 Å². The van der Waals surface area contributed by atoms with E-state index in [4.69, 9.17) is 16.3 Å². The molecular weight excluding hydrogens is 322 g/mol. The molecule has 0 atom stereocenters. The lowest BCUT2D eigenvalue weighted by molar-refractivity contribution is -0.132. The Morgan fingerprint density at radius 3 is 2.46 bits per heavy atom. The van der Waals surface area contributed by atoms with Crippen LogP contribution in [0.25, 0.3) is 10.8 Å². The van der Waals surface area contributed by atoms with Crippen LogP contribution in [0.4, 0.5) is 0 Å². The highest BCUT2D eigenvalue weighted by molar-refractivity contribution is 6.30. The Hall–Kier alpha value is -2.52. The number of hydrogen-bond acceptors (Lipinski definition) is 2. The molecule has 0 spiro atoms. The summed E-state index contributed by atoms with van der Waals surface area (Å²) in [6.45, 7) is 0.541. The van der Waals surface area contributed by atoms with Crippen LogP contribution in [0.1, 0.15) is 5.56 Å². The minimum atomic E-state index is -0.0712. The van der Waals surface area contributed by atoms with E-state index in [1.54, 1.807) is 11.9 Å². The van der Waals surface area contributed by atoms with Crippen LogP contribution >= 0.6 is 11.6 Å². The molecule has 0 bridgehead atoms. The highest BCUT2D eigenvalue weighted by Crippen LogP contribution is 2.20. The number of amides is 1. The first-order valence-electron chi connectivity index (χ1n) is 7.72. The van der Waals surface area contributed by atoms with E-state index in [1.807, 2.05) is 66.7 Å². The van der Waals surface area contributed by atoms with Crippen molar-refractivity contribution in [3.63, 3.8) is 0 Å². The third-order valence-electron chi connectivity index (χ3n) is 3.84. The maximum atomic E-state index is 12.2. The average molecular weight is 340 g/mol. The van der Waals surface area contributed by atoms with Gasteiger partial charge in [0.1, 0.15) is 5.75 Å². The van der Waals surface area contributed by atoms with Crippen LogP contribution in [0, 0.1) is 0 Å². The number of ether oxygens (including phenoxy) is 1. The van der Waals surface area contributed by atoms with Crippen molar-refractivity contribution in [3.8, 4) is 5.75 Å². The smallest absolute Gasteiger partial charge is 0.260 e. The van der Waals surface area contributed by atoms with Gasteiger partial charge in [0.05, 0.1) is 0 Å². The quantitative estimate of drug-likeness (QED) is 0.683. The molecule has 0 aliphatic heterocycles. The van der Waals surface area contributed by atoms with Gasteiger partial charge in [-0.15, -0.1) is 0 Å². The second-order valence-corrected chi connectivity index (χ2v) is 6.11. The number of hydrogen-bond donors (Lipinski definition) is 0. The minimum Gasteiger partial charge on any atom is -0.484 e. The normalized spacial score (nSPS) is 10.6. The van der Waals surface area contributed by atoms with Gasteiger partial charge in [0.2, 0.25) is 0 Å². The summed E-state index contributed by atoms with van der Waals surface area (Å²) in [7, 11) is 1.76. The summed E-state index contributed by atoms with van der Waals surface area (Å²) in [6, 6.07) is 21.3. The second kappa shape index (κ2) is 7.37. The zero-order valence-corrected chi connectivity index (χ0v) is 14.2. The molecule has 0 fully saturated rings. The van der Waals surface area contributed by atoms with E-state index in [0.29, 0.717) is 17.3 Å². The lowest BCUT2D eigenvalue weighted by Crippen LogP contribution is -2.30. The van der Waals surface area contributed by atoms with E-state index >= 15 is 0 Å². The van der Waals surface area contributed by atoms with Crippen molar-refractivity contribution in [1.29, 1.82) is 0 Å². The van der Waals surface area contributed by atoms with Crippen molar-refractivity contribution in [2.75, 3.05) is 13.7 Å². The number of halogens is 1. The van der Waals surface area contributed by atoms with Gasteiger partial charge >= 0.3 is 0 Å². The third kappa shape index (κ3) is 4.06. The molecule has 122 valence electrons. The molecule has 3 aromatic rings. The van der Waals surface area contributed by atoms with E-state index in [2.05, 4.69) is 0 Å². The molecular formula is C20H18ClNO2. The van der Waals surface area contributed by atoms with Crippen molar-refractivity contribution < 1.29 is 9.53 Å². The number of carbonyl (C=O) groups excluding carboxylic acids is 1. The lowest BCUT2D eigenvalue weighted by atomic mass is 10.1. The average Bonchev–Trinajstić information content (AvgIpc) is 2.61. The Morgan fingerprint density at radius 2 is 1.71 bits per heavy atom. The molecule has 0 saturated carbocycles. The van der Waals surface area contributed by atoms with Crippen LogP contribution < -0.4 is 4.74 Å². The molecule has 0 heterocycles. The molecule has 0 radical (unpaired) electrons. The van der Waals surface area contributed by atoms with Gasteiger partial charge in [-0.3, -0.25) is 4.79 Å². The summed E-state index contributed by atoms with van der Waals surface area (Å²) in [5, 5.41) is 2.93. The summed E-state index contributed by atoms with van der Waals surface area (Å²) in [4.78, 5) is 13.9. The second-order valence-electron chi connectivity index (χ2n) is 5.67. The fourth-order valence-electron chi connectivity index (χ4n) is 2.46. The predicted molar refractivity (Wildman–Crippen MR) is 97.4 cm³/mol. The van der Waals surface area contributed by atoms with Crippen molar-refractivity contribution in [1.82, 2.24) is 4.90 Å². The standard InChI is InChI=1S/C20H18ClNO2/c1-22(13-15-6-9-18(21)10-7-15)20(23)14-24-19-11-8-16-4-2-3-5-17(16)12-19/h2-12H,13-14H2,1H3. The van der Waals surface area contributed by atoms with Crippen molar-refractivity contribution >= 4 is 28.3 Å². The maximum absolute atomic E-state index is 12.2. The molecule has 0 aliphatic rings. The molecule has 0 aromatic heterocycles. The van der Waals surface area contributed by atoms with Crippen LogP contribution in [0.2, 0.25) is 5.02 Å². The fraction of sp³-hybridized carbons (Fsp3) is 0.150. The predicted octanol–water partition coefficient (Wildman–Crippen LogP) is 4.53. The molecule has 0 unspecified atom stereocenters. The Labute approximate surface area is 146 Å². The first kappa shape index (κ1) is 16.3. The third-order valence-corrected chi connectivity index (χ3v) is 4.09. The van der Waals surface area contributed by atoms with Crippen LogP contribution in [0.3, 0.4) is 0 Å². The molecule has 0 N–H and O–H groups in total. The van der Waals surface area contributed by atoms with E-state index in [0.717, 1.165) is 16.3 Å². The highest BCUT2D eigenvalue weighted by Gasteiger charge is 2.10. The molecule has 1 amide bonds. The van der Waals surface area contributed by atoms with Gasteiger partial charge in [0, 0.05) is 18.6 Å². The van der Waals surface area contributed by atoms with E-state index in [1.165, 1.54) is 0 Å². The highest BCUT2D eigenvalue weighted by atomic mass is 35.5. The molecule has 24 heavy (non-hydrogen) atoms. The van der Waals surface area contributed by atoms with Crippen molar-refractivity contribution in [2.45, 2.75) is 6.54 Å². The van der Waals surface area contributed by atoms with Gasteiger partial charge in [-0.1, -0.05) is 54.1 Å². The first-order chi connectivity index (χ1) is 11.6. The van der Waals surface area contributed by atoms with Gasteiger partial charge in [-0.05, 0) is 40.6 Å². The van der Waals surface area contributed by atoms with Crippen LogP contribution in [-0.2, 0) is 11.3 Å². The Morgan fingerprint density at radius 1 is 1.00 bits per heavy atom. The number of likely N-dealkylation sites (N-methyl/N-ethyl adjacent to an activating group) is 1. The van der Waals surface area contributed by atoms with E-state index in [9.17, 15) is 4.79 Å². The Balaban J connectivity index is 1.58. The van der Waals surface area contributed by atoms with Gasteiger partial charge in [-0.25, -0.2) is 0 Å². The monoisotopic (exact) mass is 339 g/mol. The molecule has 3 nitrogen and oxygen atoms in total. The van der Waals surface area contributed by atoms with Gasteiger partial charge in [0.25, 0.3) is 5.91 Å². The topological polar surface area (TPSA) is 29.5 Å². The molecule has 3 rings (SSSR count). The van der Waals surface area contributed by atoms with Crippen molar-refractivity contribution in [2.24, 2.45) is 0 Å². The van der Waals surface area contributed by atoms with E-state index in [-0.39, 0.29) is 12.5 Å². The number of benzene rings is 3. The van der Waals surface area contributed by atoms with Crippen LogP contribution in [0.5, 0.6) is 5.75 Å². The zero-order chi connectivity index (χ0) is 16.9. The largest absolute Gasteiger partial charge is 0.484 e. The van der Waals surface area contributed by atoms with Crippen molar-refractivity contribution in [3.05, 3.63) is 77.3 Å². The number of fused-ring (bicyclic) bond motifs is 1. The summed E-state index contributed by atoms with van der Waals surface area (Å²) in [5.41, 5.74) is 1.03. The van der Waals surface area contributed by atoms with Gasteiger partial charge in [-0.2, -0.15) is 0 Å². The maximum Gasteiger partial charge on any atom is 0.260 e. The summed E-state index contributed by atoms with van der Waals surface area (Å²) in [5.74, 6) is 0.625. The first-order valence-corrected chi connectivity index (χ1v) is 8.09. The minimum absolute atomic E-state index is 0.0163. The number of carbonyl (C=O) groups is 1. The van der Waals surface area contributed by atoms with Crippen LogP contribution in [-0.4, -0.2) is 24.5 Å². The molecule has 0 aliphatic carbocycles. The summed E-state index contributed by atoms with van der Waals surface area (Å²) < 4.78 is 5.64.